The number of halogens is 5. The molecule has 8 aromatic carbocycles. The number of nitrogens with zero attached hydrogens (tertiary/aromatic N) is 2. The average Bonchev–Trinajstić information content (AvgIpc) is 3.35. The van der Waals surface area contributed by atoms with Gasteiger partial charge in [-0.1, -0.05) is 137 Å². The molecule has 0 fully saturated rings. The second-order valence-corrected chi connectivity index (χ2v) is 19.6. The van der Waals surface area contributed by atoms with Crippen molar-refractivity contribution in [3.63, 3.8) is 0 Å². The molecule has 350 valence electrons. The highest BCUT2D eigenvalue weighted by Gasteiger charge is 2.19. The second-order valence-electron chi connectivity index (χ2n) is 14.2. The molecule has 8 rings (SSSR count). The van der Waals surface area contributed by atoms with E-state index in [0.717, 1.165) is 26.7 Å². The summed E-state index contributed by atoms with van der Waals surface area (Å²) in [5, 5.41) is 25.6. The van der Waals surface area contributed by atoms with Crippen molar-refractivity contribution in [2.75, 3.05) is 11.5 Å². The number of nitrogen functional groups attached to an aromatic ring is 2. The Kier molecular flexibility index (Phi) is 20.8. The van der Waals surface area contributed by atoms with E-state index in [1.54, 1.807) is 54.6 Å². The van der Waals surface area contributed by atoms with Crippen LogP contribution in [0, 0.1) is 35.4 Å². The van der Waals surface area contributed by atoms with Gasteiger partial charge in [0.05, 0.1) is 45.1 Å². The number of sulfone groups is 1. The molecule has 10 nitrogen and oxygen atoms in total. The van der Waals surface area contributed by atoms with Crippen molar-refractivity contribution >= 4 is 75.1 Å². The summed E-state index contributed by atoms with van der Waals surface area (Å²) in [6, 6.07) is 54.6. The lowest BCUT2D eigenvalue weighted by Crippen LogP contribution is -2.29. The standard InChI is InChI=1S/C20H14FNO2S.C12H10FN.C7H4ClNO2S.C6H7BO2.C6H5BrFN/c1-22-18-8-5-9-19(13-18)25(23,24)14-17-12-16(10-11-20(17)21)15-6-3-2-4-7-15;13-11-7-6-10(8-12(11)14)9-4-2-1-3-5-9;8-12(10,11)7-3-1-2-6(4-7)5-9;8-7(9)6-4-2-1-3-5-6;7-4-1-2-5(8)6(9)3-4/h2-13H,14H2;1-8H,14H2;1-4H;1-5,8-9H;1-3H,9H2. The highest BCUT2D eigenvalue weighted by atomic mass is 79.9. The van der Waals surface area contributed by atoms with Crippen LogP contribution in [0.5, 0.6) is 0 Å². The highest BCUT2D eigenvalue weighted by molar-refractivity contribution is 9.10. The molecule has 8 aromatic rings. The van der Waals surface area contributed by atoms with Gasteiger partial charge in [0.25, 0.3) is 9.05 Å². The van der Waals surface area contributed by atoms with E-state index in [4.69, 9.17) is 44.0 Å². The van der Waals surface area contributed by atoms with Crippen LogP contribution < -0.4 is 16.9 Å². The third-order valence-electron chi connectivity index (χ3n) is 9.21. The van der Waals surface area contributed by atoms with Crippen molar-refractivity contribution in [2.24, 2.45) is 0 Å². The van der Waals surface area contributed by atoms with Gasteiger partial charge < -0.3 is 21.5 Å². The van der Waals surface area contributed by atoms with Crippen molar-refractivity contribution in [3.8, 4) is 28.3 Å². The van der Waals surface area contributed by atoms with Gasteiger partial charge in [0.1, 0.15) is 17.5 Å². The van der Waals surface area contributed by atoms with E-state index in [1.807, 2.05) is 72.8 Å². The summed E-state index contributed by atoms with van der Waals surface area (Å²) < 4.78 is 86.9. The summed E-state index contributed by atoms with van der Waals surface area (Å²) in [5.74, 6) is -1.77. The van der Waals surface area contributed by atoms with Crippen LogP contribution in [0.1, 0.15) is 11.1 Å². The Morgan fingerprint density at radius 3 is 1.57 bits per heavy atom. The van der Waals surface area contributed by atoms with E-state index < -0.39 is 37.6 Å². The smallest absolute Gasteiger partial charge is 0.423 e. The second kappa shape index (κ2) is 26.4. The van der Waals surface area contributed by atoms with Crippen LogP contribution in [0.4, 0.5) is 30.2 Å². The Bertz CT molecular complexity index is 3280. The van der Waals surface area contributed by atoms with Crippen LogP contribution in [-0.4, -0.2) is 34.0 Å². The number of rotatable bonds is 7. The molecule has 0 heterocycles. The molecule has 0 spiro atoms. The molecule has 0 aliphatic carbocycles. The summed E-state index contributed by atoms with van der Waals surface area (Å²) in [6.45, 7) is 6.99. The topological polar surface area (TPSA) is 189 Å². The van der Waals surface area contributed by atoms with Crippen molar-refractivity contribution < 1.29 is 40.1 Å². The monoisotopic (exact) mass is 1050 g/mol. The molecule has 0 saturated heterocycles. The number of anilines is 2. The minimum atomic E-state index is -3.75. The molecular formula is C51H40BBrClF3N4O6S2. The Morgan fingerprint density at radius 1 is 0.594 bits per heavy atom. The van der Waals surface area contributed by atoms with Gasteiger partial charge >= 0.3 is 7.12 Å². The van der Waals surface area contributed by atoms with Crippen LogP contribution in [0.2, 0.25) is 0 Å². The minimum Gasteiger partial charge on any atom is -0.423 e. The quantitative estimate of drug-likeness (QED) is 0.0521. The first-order valence-corrected chi connectivity index (χ1v) is 24.8. The van der Waals surface area contributed by atoms with Crippen molar-refractivity contribution in [3.05, 3.63) is 239 Å². The molecule has 0 saturated carbocycles. The third kappa shape index (κ3) is 17.7. The van der Waals surface area contributed by atoms with Crippen LogP contribution in [0.25, 0.3) is 27.1 Å². The van der Waals surface area contributed by atoms with Gasteiger partial charge in [-0.2, -0.15) is 5.26 Å². The molecule has 0 aliphatic heterocycles. The predicted octanol–water partition coefficient (Wildman–Crippen LogP) is 11.1. The highest BCUT2D eigenvalue weighted by Crippen LogP contribution is 2.27. The van der Waals surface area contributed by atoms with E-state index >= 15 is 0 Å². The summed E-state index contributed by atoms with van der Waals surface area (Å²) >= 11 is 3.15. The molecule has 0 radical (unpaired) electrons. The first-order chi connectivity index (χ1) is 32.8. The lowest BCUT2D eigenvalue weighted by atomic mass is 9.81. The molecule has 0 aliphatic rings. The lowest BCUT2D eigenvalue weighted by Gasteiger charge is -2.09. The number of nitriles is 1. The Morgan fingerprint density at radius 2 is 1.09 bits per heavy atom. The fourth-order valence-corrected chi connectivity index (χ4v) is 8.30. The van der Waals surface area contributed by atoms with Gasteiger partial charge in [-0.25, -0.2) is 34.9 Å². The van der Waals surface area contributed by atoms with Crippen molar-refractivity contribution in [1.82, 2.24) is 0 Å². The Balaban J connectivity index is 0.000000201. The zero-order valence-electron chi connectivity index (χ0n) is 36.0. The molecule has 6 N–H and O–H groups in total. The first kappa shape index (κ1) is 54.4. The number of nitrogens with two attached hydrogens (primary N) is 2. The predicted molar refractivity (Wildman–Crippen MR) is 271 cm³/mol. The van der Waals surface area contributed by atoms with Crippen LogP contribution in [0.3, 0.4) is 0 Å². The molecule has 0 unspecified atom stereocenters. The van der Waals surface area contributed by atoms with Crippen molar-refractivity contribution in [2.45, 2.75) is 15.5 Å². The normalized spacial score (nSPS) is 10.3. The van der Waals surface area contributed by atoms with Crippen LogP contribution in [-0.2, 0) is 24.6 Å². The molecule has 0 aromatic heterocycles. The van der Waals surface area contributed by atoms with Crippen LogP contribution in [0.15, 0.2) is 208 Å². The maximum absolute atomic E-state index is 14.2. The summed E-state index contributed by atoms with van der Waals surface area (Å²) in [6.07, 6.45) is 0. The number of benzene rings is 8. The van der Waals surface area contributed by atoms with Crippen molar-refractivity contribution in [1.29, 1.82) is 5.26 Å². The van der Waals surface area contributed by atoms with Gasteiger partial charge in [0.15, 0.2) is 15.5 Å². The number of hydrogen-bond acceptors (Lipinski definition) is 9. The summed E-state index contributed by atoms with van der Waals surface area (Å²) in [7, 11) is -3.76. The van der Waals surface area contributed by atoms with E-state index in [1.165, 1.54) is 72.8 Å². The fraction of sp³-hybridized carbons (Fsp3) is 0.0196. The van der Waals surface area contributed by atoms with E-state index in [9.17, 15) is 30.0 Å². The zero-order valence-corrected chi connectivity index (χ0v) is 40.0. The summed E-state index contributed by atoms with van der Waals surface area (Å²) in [4.78, 5) is 3.20. The Hall–Kier alpha value is -7.22. The van der Waals surface area contributed by atoms with Gasteiger partial charge in [-0.05, 0) is 101 Å². The summed E-state index contributed by atoms with van der Waals surface area (Å²) in [5.41, 5.74) is 15.8. The minimum absolute atomic E-state index is 0.0190. The Labute approximate surface area is 412 Å². The van der Waals surface area contributed by atoms with E-state index in [0.29, 0.717) is 5.46 Å². The molecule has 0 amide bonds. The molecule has 18 heteroatoms. The molecule has 0 bridgehead atoms. The van der Waals surface area contributed by atoms with Crippen LogP contribution >= 0.6 is 26.6 Å². The number of hydrogen-bond donors (Lipinski definition) is 4. The van der Waals surface area contributed by atoms with Gasteiger partial charge in [0.2, 0.25) is 0 Å². The van der Waals surface area contributed by atoms with Gasteiger partial charge in [-0.15, -0.1) is 0 Å². The lowest BCUT2D eigenvalue weighted by molar-refractivity contribution is 0.425. The third-order valence-corrected chi connectivity index (χ3v) is 12.7. The first-order valence-electron chi connectivity index (χ1n) is 20.0. The molecular weight excluding hydrogens is 1010 g/mol. The molecule has 0 atom stereocenters. The maximum atomic E-state index is 14.2. The van der Waals surface area contributed by atoms with Gasteiger partial charge in [0, 0.05) is 20.7 Å². The fourth-order valence-electron chi connectivity index (χ4n) is 5.74. The SMILES string of the molecule is N#Cc1cccc(S(=O)(=O)Cl)c1.Nc1cc(-c2ccccc2)ccc1F.Nc1cc(Br)ccc1F.OB(O)c1ccccc1.[C-]#[N+]c1cccc(S(=O)(=O)Cc2cc(-c3ccccc3)ccc2F)c1. The largest absolute Gasteiger partial charge is 0.488 e. The van der Waals surface area contributed by atoms with Gasteiger partial charge in [-0.3, -0.25) is 0 Å². The van der Waals surface area contributed by atoms with E-state index in [2.05, 4.69) is 20.8 Å². The average molecular weight is 1050 g/mol. The maximum Gasteiger partial charge on any atom is 0.488 e. The zero-order chi connectivity index (χ0) is 50.6. The molecule has 69 heavy (non-hydrogen) atoms. The van der Waals surface area contributed by atoms with E-state index in [-0.39, 0.29) is 49.6 Å².